The zero-order chi connectivity index (χ0) is 11.1. The summed E-state index contributed by atoms with van der Waals surface area (Å²) in [5.41, 5.74) is 5.28. The molecule has 0 fully saturated rings. The Balaban J connectivity index is 2.68. The highest BCUT2D eigenvalue weighted by atomic mass is 16.5. The summed E-state index contributed by atoms with van der Waals surface area (Å²) in [6.45, 7) is 2.77. The van der Waals surface area contributed by atoms with Gasteiger partial charge in [0.1, 0.15) is 0 Å². The lowest BCUT2D eigenvalue weighted by molar-refractivity contribution is 0.167. The summed E-state index contributed by atoms with van der Waals surface area (Å²) in [6.07, 6.45) is 2.31. The molecular weight excluding hydrogens is 188 g/mol. The predicted octanol–water partition coefficient (Wildman–Crippen LogP) is 1.79. The van der Waals surface area contributed by atoms with E-state index in [9.17, 15) is 0 Å². The van der Waals surface area contributed by atoms with Gasteiger partial charge in [-0.3, -0.25) is 11.3 Å². The number of ether oxygens (including phenoxy) is 1. The summed E-state index contributed by atoms with van der Waals surface area (Å²) in [5.74, 6) is 5.46. The van der Waals surface area contributed by atoms with Crippen LogP contribution >= 0.6 is 0 Å². The standard InChI is InChI=1S/C12H20N2O/c1-3-4-10-5-7-11(8-6-10)12(14-13)9-15-2/h5-8,12,14H,3-4,9,13H2,1-2H3. The van der Waals surface area contributed by atoms with E-state index in [0.29, 0.717) is 6.61 Å². The van der Waals surface area contributed by atoms with E-state index in [-0.39, 0.29) is 6.04 Å². The molecule has 1 unspecified atom stereocenters. The van der Waals surface area contributed by atoms with Crippen molar-refractivity contribution in [1.82, 2.24) is 5.43 Å². The predicted molar refractivity (Wildman–Crippen MR) is 62.4 cm³/mol. The first-order valence-corrected chi connectivity index (χ1v) is 5.35. The van der Waals surface area contributed by atoms with Gasteiger partial charge in [0.15, 0.2) is 0 Å². The zero-order valence-corrected chi connectivity index (χ0v) is 9.49. The number of nitrogens with one attached hydrogen (secondary N) is 1. The van der Waals surface area contributed by atoms with E-state index in [1.807, 2.05) is 0 Å². The largest absolute Gasteiger partial charge is 0.383 e. The topological polar surface area (TPSA) is 47.3 Å². The van der Waals surface area contributed by atoms with Gasteiger partial charge in [0.25, 0.3) is 0 Å². The van der Waals surface area contributed by atoms with Crippen molar-refractivity contribution in [2.75, 3.05) is 13.7 Å². The Hall–Kier alpha value is -0.900. The van der Waals surface area contributed by atoms with Gasteiger partial charge < -0.3 is 4.74 Å². The fraction of sp³-hybridized carbons (Fsp3) is 0.500. The maximum Gasteiger partial charge on any atom is 0.0693 e. The van der Waals surface area contributed by atoms with Crippen molar-refractivity contribution in [2.45, 2.75) is 25.8 Å². The Morgan fingerprint density at radius 3 is 2.47 bits per heavy atom. The van der Waals surface area contributed by atoms with Gasteiger partial charge >= 0.3 is 0 Å². The number of hydrogen-bond donors (Lipinski definition) is 2. The molecular formula is C12H20N2O. The van der Waals surface area contributed by atoms with Gasteiger partial charge in [-0.1, -0.05) is 37.6 Å². The molecule has 3 heteroatoms. The van der Waals surface area contributed by atoms with E-state index in [2.05, 4.69) is 36.6 Å². The maximum absolute atomic E-state index is 5.46. The number of aryl methyl sites for hydroxylation is 1. The second kappa shape index (κ2) is 6.56. The molecule has 84 valence electrons. The summed E-state index contributed by atoms with van der Waals surface area (Å²) < 4.78 is 5.08. The fourth-order valence-electron chi connectivity index (χ4n) is 1.61. The Bertz CT molecular complexity index is 271. The molecule has 0 amide bonds. The molecule has 0 aliphatic rings. The van der Waals surface area contributed by atoms with Gasteiger partial charge in [0.2, 0.25) is 0 Å². The van der Waals surface area contributed by atoms with Crippen LogP contribution < -0.4 is 11.3 Å². The van der Waals surface area contributed by atoms with Crippen LogP contribution in [0.15, 0.2) is 24.3 Å². The quantitative estimate of drug-likeness (QED) is 0.553. The van der Waals surface area contributed by atoms with E-state index in [1.54, 1.807) is 7.11 Å². The van der Waals surface area contributed by atoms with Crippen molar-refractivity contribution in [2.24, 2.45) is 5.84 Å². The highest BCUT2D eigenvalue weighted by molar-refractivity contribution is 5.25. The highest BCUT2D eigenvalue weighted by Crippen LogP contribution is 2.14. The van der Waals surface area contributed by atoms with Crippen molar-refractivity contribution in [3.8, 4) is 0 Å². The van der Waals surface area contributed by atoms with Crippen LogP contribution in [0.2, 0.25) is 0 Å². The van der Waals surface area contributed by atoms with Gasteiger partial charge in [-0.25, -0.2) is 0 Å². The molecule has 1 aromatic rings. The first kappa shape index (κ1) is 12.2. The molecule has 0 aliphatic heterocycles. The van der Waals surface area contributed by atoms with E-state index in [1.165, 1.54) is 17.5 Å². The molecule has 0 heterocycles. The van der Waals surface area contributed by atoms with E-state index < -0.39 is 0 Å². The molecule has 0 aliphatic carbocycles. The summed E-state index contributed by atoms with van der Waals surface area (Å²) >= 11 is 0. The second-order valence-corrected chi connectivity index (χ2v) is 3.67. The monoisotopic (exact) mass is 208 g/mol. The zero-order valence-electron chi connectivity index (χ0n) is 9.49. The second-order valence-electron chi connectivity index (χ2n) is 3.67. The first-order valence-electron chi connectivity index (χ1n) is 5.35. The average Bonchev–Trinajstić information content (AvgIpc) is 2.28. The Morgan fingerprint density at radius 1 is 1.33 bits per heavy atom. The van der Waals surface area contributed by atoms with Gasteiger partial charge in [-0.2, -0.15) is 0 Å². The van der Waals surface area contributed by atoms with Gasteiger partial charge in [-0.05, 0) is 17.5 Å². The van der Waals surface area contributed by atoms with Crippen molar-refractivity contribution >= 4 is 0 Å². The summed E-state index contributed by atoms with van der Waals surface area (Å²) in [7, 11) is 1.68. The minimum Gasteiger partial charge on any atom is -0.383 e. The number of rotatable bonds is 6. The molecule has 1 atom stereocenters. The van der Waals surface area contributed by atoms with Crippen LogP contribution in [-0.2, 0) is 11.2 Å². The van der Waals surface area contributed by atoms with Crippen LogP contribution in [0.4, 0.5) is 0 Å². The average molecular weight is 208 g/mol. The molecule has 0 saturated carbocycles. The van der Waals surface area contributed by atoms with Crippen molar-refractivity contribution in [3.05, 3.63) is 35.4 Å². The lowest BCUT2D eigenvalue weighted by atomic mass is 10.0. The first-order chi connectivity index (χ1) is 7.31. The van der Waals surface area contributed by atoms with Crippen molar-refractivity contribution < 1.29 is 4.74 Å². The molecule has 0 aromatic heterocycles. The van der Waals surface area contributed by atoms with Crippen LogP contribution in [-0.4, -0.2) is 13.7 Å². The van der Waals surface area contributed by atoms with E-state index in [0.717, 1.165) is 6.42 Å². The highest BCUT2D eigenvalue weighted by Gasteiger charge is 2.08. The molecule has 3 N–H and O–H groups in total. The minimum absolute atomic E-state index is 0.0747. The third-order valence-electron chi connectivity index (χ3n) is 2.46. The SMILES string of the molecule is CCCc1ccc(C(COC)NN)cc1. The summed E-state index contributed by atoms with van der Waals surface area (Å²) in [6, 6.07) is 8.59. The molecule has 0 bridgehead atoms. The van der Waals surface area contributed by atoms with Crippen LogP contribution in [0, 0.1) is 0 Å². The van der Waals surface area contributed by atoms with Crippen LogP contribution in [0.25, 0.3) is 0 Å². The maximum atomic E-state index is 5.46. The fourth-order valence-corrected chi connectivity index (χ4v) is 1.61. The van der Waals surface area contributed by atoms with Crippen LogP contribution in [0.5, 0.6) is 0 Å². The molecule has 1 aromatic carbocycles. The number of hydrazine groups is 1. The summed E-state index contributed by atoms with van der Waals surface area (Å²) in [4.78, 5) is 0. The Morgan fingerprint density at radius 2 is 2.00 bits per heavy atom. The molecule has 0 saturated heterocycles. The van der Waals surface area contributed by atoms with Gasteiger partial charge in [0.05, 0.1) is 12.6 Å². The minimum atomic E-state index is 0.0747. The number of nitrogens with two attached hydrogens (primary N) is 1. The Kier molecular flexibility index (Phi) is 5.32. The lowest BCUT2D eigenvalue weighted by Gasteiger charge is -2.15. The molecule has 3 nitrogen and oxygen atoms in total. The molecule has 0 radical (unpaired) electrons. The molecule has 0 spiro atoms. The number of methoxy groups -OCH3 is 1. The lowest BCUT2D eigenvalue weighted by Crippen LogP contribution is -2.31. The van der Waals surface area contributed by atoms with E-state index in [4.69, 9.17) is 10.6 Å². The van der Waals surface area contributed by atoms with Crippen molar-refractivity contribution in [3.63, 3.8) is 0 Å². The third-order valence-corrected chi connectivity index (χ3v) is 2.46. The molecule has 15 heavy (non-hydrogen) atoms. The van der Waals surface area contributed by atoms with Crippen LogP contribution in [0.1, 0.15) is 30.5 Å². The Labute approximate surface area is 91.6 Å². The van der Waals surface area contributed by atoms with Crippen molar-refractivity contribution in [1.29, 1.82) is 0 Å². The van der Waals surface area contributed by atoms with E-state index >= 15 is 0 Å². The number of benzene rings is 1. The van der Waals surface area contributed by atoms with Gasteiger partial charge in [0, 0.05) is 7.11 Å². The smallest absolute Gasteiger partial charge is 0.0693 e. The van der Waals surface area contributed by atoms with Gasteiger partial charge in [-0.15, -0.1) is 0 Å². The number of hydrogen-bond acceptors (Lipinski definition) is 3. The molecule has 1 rings (SSSR count). The normalized spacial score (nSPS) is 12.7. The third kappa shape index (κ3) is 3.63. The summed E-state index contributed by atoms with van der Waals surface area (Å²) in [5, 5.41) is 0. The van der Waals surface area contributed by atoms with Crippen LogP contribution in [0.3, 0.4) is 0 Å².